The Morgan fingerprint density at radius 3 is 2.68 bits per heavy atom. The summed E-state index contributed by atoms with van der Waals surface area (Å²) in [5.74, 6) is 0.628. The third kappa shape index (κ3) is 3.15. The van der Waals surface area contributed by atoms with E-state index in [0.717, 1.165) is 28.6 Å². The molecular formula is C13H16BrClN4. The summed E-state index contributed by atoms with van der Waals surface area (Å²) in [5, 5.41) is 4.75. The number of aromatic nitrogens is 4. The van der Waals surface area contributed by atoms with Gasteiger partial charge in [0, 0.05) is 12.2 Å². The van der Waals surface area contributed by atoms with Crippen molar-refractivity contribution in [3.8, 4) is 11.4 Å². The highest BCUT2D eigenvalue weighted by molar-refractivity contribution is 9.10. The monoisotopic (exact) mass is 342 g/mol. The van der Waals surface area contributed by atoms with Gasteiger partial charge in [-0.05, 0) is 36.2 Å². The Morgan fingerprint density at radius 2 is 2.11 bits per heavy atom. The Labute approximate surface area is 126 Å². The minimum absolute atomic E-state index is 0.315. The fourth-order valence-corrected chi connectivity index (χ4v) is 2.30. The van der Waals surface area contributed by atoms with Crippen LogP contribution in [0, 0.1) is 0 Å². The van der Waals surface area contributed by atoms with E-state index < -0.39 is 0 Å². The van der Waals surface area contributed by atoms with Gasteiger partial charge in [0.1, 0.15) is 5.15 Å². The molecule has 0 radical (unpaired) electrons. The summed E-state index contributed by atoms with van der Waals surface area (Å²) in [7, 11) is 0. The van der Waals surface area contributed by atoms with Gasteiger partial charge in [-0.25, -0.2) is 9.97 Å². The summed E-state index contributed by atoms with van der Waals surface area (Å²) < 4.78 is 2.67. The lowest BCUT2D eigenvalue weighted by atomic mass is 10.2. The fourth-order valence-electron chi connectivity index (χ4n) is 1.73. The maximum Gasteiger partial charge on any atom is 0.164 e. The molecule has 6 heteroatoms. The molecule has 0 aliphatic carbocycles. The summed E-state index contributed by atoms with van der Waals surface area (Å²) in [6.45, 7) is 6.27. The van der Waals surface area contributed by atoms with Crippen LogP contribution in [0.1, 0.15) is 38.9 Å². The molecule has 4 nitrogen and oxygen atoms in total. The first kappa shape index (κ1) is 14.5. The standard InChI is InChI=1S/C13H16BrClN4/c1-4-5-10-11(14)12(15)18-13(17-10)9-6-16-19(7-9)8(2)3/h6-8H,4-5H2,1-3H3. The number of aryl methyl sites for hydroxylation is 1. The third-order valence-electron chi connectivity index (χ3n) is 2.75. The molecule has 0 aliphatic heterocycles. The lowest BCUT2D eigenvalue weighted by molar-refractivity contribution is 0.532. The molecular weight excluding hydrogens is 328 g/mol. The molecule has 2 rings (SSSR count). The van der Waals surface area contributed by atoms with Crippen LogP contribution in [0.5, 0.6) is 0 Å². The second-order valence-electron chi connectivity index (χ2n) is 4.65. The van der Waals surface area contributed by atoms with Gasteiger partial charge in [0.2, 0.25) is 0 Å². The molecule has 0 aliphatic rings. The van der Waals surface area contributed by atoms with E-state index in [1.54, 1.807) is 6.20 Å². The van der Waals surface area contributed by atoms with E-state index in [1.807, 2.05) is 10.9 Å². The first-order chi connectivity index (χ1) is 9.02. The van der Waals surface area contributed by atoms with Gasteiger partial charge in [-0.3, -0.25) is 4.68 Å². The highest BCUT2D eigenvalue weighted by Crippen LogP contribution is 2.27. The molecule has 0 N–H and O–H groups in total. The van der Waals surface area contributed by atoms with Crippen LogP contribution in [-0.4, -0.2) is 19.7 Å². The largest absolute Gasteiger partial charge is 0.270 e. The molecule has 2 aromatic heterocycles. The van der Waals surface area contributed by atoms with Gasteiger partial charge in [0.25, 0.3) is 0 Å². The Morgan fingerprint density at radius 1 is 1.37 bits per heavy atom. The fraction of sp³-hybridized carbons (Fsp3) is 0.462. The molecule has 2 aromatic rings. The Balaban J connectivity index is 2.43. The smallest absolute Gasteiger partial charge is 0.164 e. The van der Waals surface area contributed by atoms with Gasteiger partial charge in [0.05, 0.1) is 21.9 Å². The second-order valence-corrected chi connectivity index (χ2v) is 5.80. The van der Waals surface area contributed by atoms with Gasteiger partial charge >= 0.3 is 0 Å². The minimum Gasteiger partial charge on any atom is -0.270 e. The van der Waals surface area contributed by atoms with Crippen LogP contribution in [0.15, 0.2) is 16.9 Å². The normalized spacial score (nSPS) is 11.3. The molecule has 102 valence electrons. The quantitative estimate of drug-likeness (QED) is 0.778. The summed E-state index contributed by atoms with van der Waals surface area (Å²) in [5.41, 5.74) is 1.83. The molecule has 0 spiro atoms. The first-order valence-electron chi connectivity index (χ1n) is 6.29. The molecule has 0 amide bonds. The molecule has 0 saturated heterocycles. The maximum absolute atomic E-state index is 6.15. The van der Waals surface area contributed by atoms with Crippen molar-refractivity contribution in [3.05, 3.63) is 27.7 Å². The van der Waals surface area contributed by atoms with E-state index in [4.69, 9.17) is 11.6 Å². The Bertz CT molecular complexity index is 580. The summed E-state index contributed by atoms with van der Waals surface area (Å²) >= 11 is 9.59. The Hall–Kier alpha value is -0.940. The topological polar surface area (TPSA) is 43.6 Å². The molecule has 0 fully saturated rings. The zero-order valence-electron chi connectivity index (χ0n) is 11.2. The maximum atomic E-state index is 6.15. The van der Waals surface area contributed by atoms with Crippen molar-refractivity contribution in [2.75, 3.05) is 0 Å². The average Bonchev–Trinajstić information content (AvgIpc) is 2.84. The zero-order valence-corrected chi connectivity index (χ0v) is 13.5. The minimum atomic E-state index is 0.315. The average molecular weight is 344 g/mol. The van der Waals surface area contributed by atoms with Gasteiger partial charge in [0.15, 0.2) is 5.82 Å². The summed E-state index contributed by atoms with van der Waals surface area (Å²) in [6, 6.07) is 0.315. The van der Waals surface area contributed by atoms with Gasteiger partial charge in [-0.15, -0.1) is 0 Å². The van der Waals surface area contributed by atoms with Crippen LogP contribution in [-0.2, 0) is 6.42 Å². The van der Waals surface area contributed by atoms with Crippen molar-refractivity contribution >= 4 is 27.5 Å². The molecule has 0 saturated carbocycles. The van der Waals surface area contributed by atoms with Crippen molar-refractivity contribution in [2.45, 2.75) is 39.7 Å². The SMILES string of the molecule is CCCc1nc(-c2cnn(C(C)C)c2)nc(Cl)c1Br. The summed E-state index contributed by atoms with van der Waals surface area (Å²) in [4.78, 5) is 8.88. The van der Waals surface area contributed by atoms with Crippen molar-refractivity contribution in [2.24, 2.45) is 0 Å². The molecule has 19 heavy (non-hydrogen) atoms. The second kappa shape index (κ2) is 6.01. The molecule has 2 heterocycles. The number of hydrogen-bond donors (Lipinski definition) is 0. The van der Waals surface area contributed by atoms with Gasteiger partial charge in [-0.2, -0.15) is 5.10 Å². The lowest BCUT2D eigenvalue weighted by Gasteiger charge is -2.06. The predicted octanol–water partition coefficient (Wildman–Crippen LogP) is 4.29. The van der Waals surface area contributed by atoms with E-state index >= 15 is 0 Å². The van der Waals surface area contributed by atoms with E-state index in [1.165, 1.54) is 0 Å². The first-order valence-corrected chi connectivity index (χ1v) is 7.46. The van der Waals surface area contributed by atoms with Crippen molar-refractivity contribution in [1.29, 1.82) is 0 Å². The van der Waals surface area contributed by atoms with Crippen molar-refractivity contribution in [3.63, 3.8) is 0 Å². The van der Waals surface area contributed by atoms with E-state index in [0.29, 0.717) is 17.0 Å². The highest BCUT2D eigenvalue weighted by Gasteiger charge is 2.13. The van der Waals surface area contributed by atoms with Gasteiger partial charge < -0.3 is 0 Å². The van der Waals surface area contributed by atoms with E-state index in [-0.39, 0.29) is 0 Å². The molecule has 0 atom stereocenters. The number of nitrogens with zero attached hydrogens (tertiary/aromatic N) is 4. The Kier molecular flexibility index (Phi) is 4.58. The van der Waals surface area contributed by atoms with E-state index in [2.05, 4.69) is 51.8 Å². The van der Waals surface area contributed by atoms with Crippen LogP contribution in [0.25, 0.3) is 11.4 Å². The van der Waals surface area contributed by atoms with Crippen LogP contribution in [0.4, 0.5) is 0 Å². The number of rotatable bonds is 4. The lowest BCUT2D eigenvalue weighted by Crippen LogP contribution is -2.00. The van der Waals surface area contributed by atoms with Crippen LogP contribution in [0.2, 0.25) is 5.15 Å². The van der Waals surface area contributed by atoms with Crippen LogP contribution >= 0.6 is 27.5 Å². The number of hydrogen-bond acceptors (Lipinski definition) is 3. The molecule has 0 bridgehead atoms. The van der Waals surface area contributed by atoms with Crippen LogP contribution < -0.4 is 0 Å². The molecule has 0 aromatic carbocycles. The highest BCUT2D eigenvalue weighted by atomic mass is 79.9. The van der Waals surface area contributed by atoms with Gasteiger partial charge in [-0.1, -0.05) is 24.9 Å². The molecule has 0 unspecified atom stereocenters. The van der Waals surface area contributed by atoms with E-state index in [9.17, 15) is 0 Å². The third-order valence-corrected chi connectivity index (χ3v) is 4.09. The predicted molar refractivity (Wildman–Crippen MR) is 80.3 cm³/mol. The number of halogens is 2. The zero-order chi connectivity index (χ0) is 14.0. The van der Waals surface area contributed by atoms with Crippen molar-refractivity contribution < 1.29 is 0 Å². The summed E-state index contributed by atoms with van der Waals surface area (Å²) in [6.07, 6.45) is 5.60. The van der Waals surface area contributed by atoms with Crippen LogP contribution in [0.3, 0.4) is 0 Å². The van der Waals surface area contributed by atoms with Crippen molar-refractivity contribution in [1.82, 2.24) is 19.7 Å².